The molecule has 1 aliphatic heterocycles. The molecule has 5 nitrogen and oxygen atoms in total. The zero-order chi connectivity index (χ0) is 14.8. The zero-order valence-electron chi connectivity index (χ0n) is 12.0. The van der Waals surface area contributed by atoms with Gasteiger partial charge in [0.25, 0.3) is 0 Å². The standard InChI is InChI=1S/C15H23NO4/c1-14(2)6-11-4-3-5-12(13(11)20-14)7-16-15(8-17,9-18)10-19/h3-5,16-19H,6-10H2,1-2H3. The van der Waals surface area contributed by atoms with Crippen LogP contribution in [0.25, 0.3) is 0 Å². The van der Waals surface area contributed by atoms with E-state index >= 15 is 0 Å². The normalized spacial score (nSPS) is 16.9. The first kappa shape index (κ1) is 15.3. The maximum Gasteiger partial charge on any atom is 0.127 e. The van der Waals surface area contributed by atoms with Gasteiger partial charge in [-0.25, -0.2) is 0 Å². The van der Waals surface area contributed by atoms with Crippen LogP contribution in [-0.2, 0) is 13.0 Å². The van der Waals surface area contributed by atoms with Crippen LogP contribution in [-0.4, -0.2) is 46.3 Å². The summed E-state index contributed by atoms with van der Waals surface area (Å²) < 4.78 is 5.96. The summed E-state index contributed by atoms with van der Waals surface area (Å²) in [5.74, 6) is 0.868. The summed E-state index contributed by atoms with van der Waals surface area (Å²) in [6.45, 7) is 3.51. The smallest absolute Gasteiger partial charge is 0.127 e. The lowest BCUT2D eigenvalue weighted by Gasteiger charge is -2.29. The fourth-order valence-corrected chi connectivity index (χ4v) is 2.42. The van der Waals surface area contributed by atoms with Gasteiger partial charge in [0.05, 0.1) is 25.4 Å². The molecule has 0 amide bonds. The number of ether oxygens (including phenoxy) is 1. The number of nitrogens with one attached hydrogen (secondary N) is 1. The molecular formula is C15H23NO4. The van der Waals surface area contributed by atoms with Crippen molar-refractivity contribution in [3.63, 3.8) is 0 Å². The molecule has 0 aliphatic carbocycles. The molecule has 112 valence electrons. The molecule has 2 rings (SSSR count). The van der Waals surface area contributed by atoms with Gasteiger partial charge in [-0.2, -0.15) is 0 Å². The van der Waals surface area contributed by atoms with Gasteiger partial charge < -0.3 is 25.4 Å². The SMILES string of the molecule is CC1(C)Cc2cccc(CNC(CO)(CO)CO)c2O1. The van der Waals surface area contributed by atoms with Crippen LogP contribution < -0.4 is 10.1 Å². The van der Waals surface area contributed by atoms with Crippen molar-refractivity contribution in [3.05, 3.63) is 29.3 Å². The molecule has 0 saturated heterocycles. The van der Waals surface area contributed by atoms with Crippen LogP contribution in [0, 0.1) is 0 Å². The lowest BCUT2D eigenvalue weighted by atomic mass is 9.99. The van der Waals surface area contributed by atoms with E-state index in [-0.39, 0.29) is 25.4 Å². The first-order valence-electron chi connectivity index (χ1n) is 6.83. The van der Waals surface area contributed by atoms with Gasteiger partial charge in [0.15, 0.2) is 0 Å². The lowest BCUT2D eigenvalue weighted by molar-refractivity contribution is 0.0410. The van der Waals surface area contributed by atoms with Crippen LogP contribution in [0.1, 0.15) is 25.0 Å². The molecule has 0 aromatic heterocycles. The van der Waals surface area contributed by atoms with Crippen molar-refractivity contribution in [2.24, 2.45) is 0 Å². The van der Waals surface area contributed by atoms with Crippen LogP contribution >= 0.6 is 0 Å². The highest BCUT2D eigenvalue weighted by Crippen LogP contribution is 2.37. The highest BCUT2D eigenvalue weighted by atomic mass is 16.5. The van der Waals surface area contributed by atoms with Crippen molar-refractivity contribution in [2.75, 3.05) is 19.8 Å². The largest absolute Gasteiger partial charge is 0.487 e. The Bertz CT molecular complexity index is 461. The van der Waals surface area contributed by atoms with Gasteiger partial charge in [0, 0.05) is 18.5 Å². The highest BCUT2D eigenvalue weighted by Gasteiger charge is 2.32. The fraction of sp³-hybridized carbons (Fsp3) is 0.600. The second kappa shape index (κ2) is 5.69. The molecule has 0 unspecified atom stereocenters. The number of fused-ring (bicyclic) bond motifs is 1. The minimum atomic E-state index is -1.07. The molecule has 1 aromatic carbocycles. The molecular weight excluding hydrogens is 258 g/mol. The summed E-state index contributed by atoms with van der Waals surface area (Å²) in [5, 5.41) is 31.0. The summed E-state index contributed by atoms with van der Waals surface area (Å²) in [7, 11) is 0. The van der Waals surface area contributed by atoms with Crippen LogP contribution in [0.15, 0.2) is 18.2 Å². The number of para-hydroxylation sites is 1. The molecule has 4 N–H and O–H groups in total. The highest BCUT2D eigenvalue weighted by molar-refractivity contribution is 5.45. The zero-order valence-corrected chi connectivity index (χ0v) is 12.0. The number of hydrogen-bond donors (Lipinski definition) is 4. The first-order chi connectivity index (χ1) is 9.45. The Hall–Kier alpha value is -1.14. The van der Waals surface area contributed by atoms with Gasteiger partial charge in [0.2, 0.25) is 0 Å². The first-order valence-corrected chi connectivity index (χ1v) is 6.83. The molecule has 20 heavy (non-hydrogen) atoms. The van der Waals surface area contributed by atoms with E-state index in [1.54, 1.807) is 0 Å². The molecule has 0 saturated carbocycles. The Labute approximate surface area is 119 Å². The number of hydrogen-bond acceptors (Lipinski definition) is 5. The molecule has 0 fully saturated rings. The van der Waals surface area contributed by atoms with E-state index in [1.807, 2.05) is 32.0 Å². The molecule has 0 bridgehead atoms. The van der Waals surface area contributed by atoms with E-state index in [0.29, 0.717) is 6.54 Å². The fourth-order valence-electron chi connectivity index (χ4n) is 2.42. The third kappa shape index (κ3) is 2.96. The number of rotatable bonds is 6. The molecule has 1 heterocycles. The Morgan fingerprint density at radius 2 is 1.85 bits per heavy atom. The third-order valence-corrected chi connectivity index (χ3v) is 3.73. The number of aliphatic hydroxyl groups excluding tert-OH is 3. The summed E-state index contributed by atoms with van der Waals surface area (Å²) in [6, 6.07) is 5.97. The van der Waals surface area contributed by atoms with Crippen molar-refractivity contribution in [2.45, 2.75) is 38.0 Å². The number of aliphatic hydroxyl groups is 3. The van der Waals surface area contributed by atoms with Gasteiger partial charge in [-0.3, -0.25) is 0 Å². The van der Waals surface area contributed by atoms with Crippen molar-refractivity contribution < 1.29 is 20.1 Å². The van der Waals surface area contributed by atoms with Crippen molar-refractivity contribution in [3.8, 4) is 5.75 Å². The maximum absolute atomic E-state index is 9.32. The minimum absolute atomic E-state index is 0.208. The number of benzene rings is 1. The van der Waals surface area contributed by atoms with Crippen LogP contribution in [0.4, 0.5) is 0 Å². The lowest BCUT2D eigenvalue weighted by Crippen LogP contribution is -2.54. The van der Waals surface area contributed by atoms with Gasteiger partial charge in [-0.15, -0.1) is 0 Å². The maximum atomic E-state index is 9.32. The van der Waals surface area contributed by atoms with Crippen molar-refractivity contribution >= 4 is 0 Å². The molecule has 0 atom stereocenters. The molecule has 0 spiro atoms. The predicted octanol–water partition coefficient (Wildman–Crippen LogP) is 0.205. The summed E-state index contributed by atoms with van der Waals surface area (Å²) >= 11 is 0. The van der Waals surface area contributed by atoms with Crippen LogP contribution in [0.3, 0.4) is 0 Å². The molecule has 1 aliphatic rings. The molecule has 1 aromatic rings. The van der Waals surface area contributed by atoms with E-state index in [9.17, 15) is 15.3 Å². The van der Waals surface area contributed by atoms with E-state index in [2.05, 4.69) is 5.32 Å². The average molecular weight is 281 g/mol. The van der Waals surface area contributed by atoms with Gasteiger partial charge >= 0.3 is 0 Å². The summed E-state index contributed by atoms with van der Waals surface area (Å²) in [6.07, 6.45) is 0.862. The van der Waals surface area contributed by atoms with E-state index in [1.165, 1.54) is 0 Å². The Morgan fingerprint density at radius 3 is 2.45 bits per heavy atom. The van der Waals surface area contributed by atoms with Gasteiger partial charge in [0.1, 0.15) is 11.4 Å². The van der Waals surface area contributed by atoms with E-state index < -0.39 is 5.54 Å². The van der Waals surface area contributed by atoms with Gasteiger partial charge in [-0.1, -0.05) is 18.2 Å². The van der Waals surface area contributed by atoms with E-state index in [4.69, 9.17) is 4.74 Å². The van der Waals surface area contributed by atoms with Crippen molar-refractivity contribution in [1.82, 2.24) is 5.32 Å². The molecule has 5 heteroatoms. The van der Waals surface area contributed by atoms with Crippen LogP contribution in [0.5, 0.6) is 5.75 Å². The minimum Gasteiger partial charge on any atom is -0.487 e. The third-order valence-electron chi connectivity index (χ3n) is 3.73. The van der Waals surface area contributed by atoms with Gasteiger partial charge in [-0.05, 0) is 19.4 Å². The Balaban J connectivity index is 2.15. The van der Waals surface area contributed by atoms with Crippen LogP contribution in [0.2, 0.25) is 0 Å². The Kier molecular flexibility index (Phi) is 4.34. The predicted molar refractivity (Wildman–Crippen MR) is 75.7 cm³/mol. The van der Waals surface area contributed by atoms with Crippen molar-refractivity contribution in [1.29, 1.82) is 0 Å². The summed E-state index contributed by atoms with van der Waals surface area (Å²) in [5.41, 5.74) is 0.849. The topological polar surface area (TPSA) is 82.0 Å². The summed E-state index contributed by atoms with van der Waals surface area (Å²) in [4.78, 5) is 0. The second-order valence-electron chi connectivity index (χ2n) is 6.05. The quantitative estimate of drug-likeness (QED) is 0.599. The molecule has 0 radical (unpaired) electrons. The van der Waals surface area contributed by atoms with E-state index in [0.717, 1.165) is 23.3 Å². The Morgan fingerprint density at radius 1 is 1.20 bits per heavy atom. The second-order valence-corrected chi connectivity index (χ2v) is 6.05. The average Bonchev–Trinajstić information content (AvgIpc) is 2.75. The monoisotopic (exact) mass is 281 g/mol.